The monoisotopic (exact) mass is 139 g/mol. The average molecular weight is 139 g/mol. The van der Waals surface area contributed by atoms with E-state index in [1.54, 1.807) is 0 Å². The van der Waals surface area contributed by atoms with Crippen LogP contribution >= 0.6 is 0 Å². The molecule has 1 amide bonds. The fourth-order valence-corrected chi connectivity index (χ4v) is 1.52. The van der Waals surface area contributed by atoms with Crippen LogP contribution in [-0.2, 0) is 9.53 Å². The average Bonchev–Trinajstić information content (AvgIpc) is 2.45. The second-order valence-corrected chi connectivity index (χ2v) is 2.93. The van der Waals surface area contributed by atoms with E-state index < -0.39 is 5.41 Å². The molecule has 0 aromatic rings. The van der Waals surface area contributed by atoms with Crippen LogP contribution in [-0.4, -0.2) is 18.6 Å². The standard InChI is InChI=1S/C7H9NO2/c8-6(9)7-2-1-5(3-7)10-4-7/h1-2,5H,3-4H2,(H2,8,9). The molecule has 2 atom stereocenters. The van der Waals surface area contributed by atoms with Crippen molar-refractivity contribution in [3.05, 3.63) is 12.2 Å². The molecule has 3 heteroatoms. The largest absolute Gasteiger partial charge is 0.373 e. The van der Waals surface area contributed by atoms with Gasteiger partial charge in [-0.3, -0.25) is 4.79 Å². The molecule has 2 N–H and O–H groups in total. The van der Waals surface area contributed by atoms with E-state index >= 15 is 0 Å². The van der Waals surface area contributed by atoms with Crippen LogP contribution < -0.4 is 5.73 Å². The highest BCUT2D eigenvalue weighted by Gasteiger charge is 2.46. The molecule has 1 saturated heterocycles. The van der Waals surface area contributed by atoms with Crippen molar-refractivity contribution in [1.82, 2.24) is 0 Å². The van der Waals surface area contributed by atoms with Gasteiger partial charge in [-0.1, -0.05) is 12.2 Å². The first-order valence-electron chi connectivity index (χ1n) is 3.34. The molecule has 1 aliphatic heterocycles. The van der Waals surface area contributed by atoms with E-state index in [9.17, 15) is 4.79 Å². The normalized spacial score (nSPS) is 42.6. The lowest BCUT2D eigenvalue weighted by atomic mass is 9.89. The Balaban J connectivity index is 2.32. The first-order valence-corrected chi connectivity index (χ1v) is 3.34. The Bertz CT molecular complexity index is 212. The van der Waals surface area contributed by atoms with Crippen molar-refractivity contribution in [2.75, 3.05) is 6.61 Å². The third-order valence-corrected chi connectivity index (χ3v) is 2.24. The van der Waals surface area contributed by atoms with Gasteiger partial charge in [-0.2, -0.15) is 0 Å². The fraction of sp³-hybridized carbons (Fsp3) is 0.571. The molecule has 0 aromatic heterocycles. The summed E-state index contributed by atoms with van der Waals surface area (Å²) in [5, 5.41) is 0. The fourth-order valence-electron chi connectivity index (χ4n) is 1.52. The van der Waals surface area contributed by atoms with E-state index in [1.807, 2.05) is 12.2 Å². The van der Waals surface area contributed by atoms with Crippen molar-refractivity contribution < 1.29 is 9.53 Å². The molecule has 0 saturated carbocycles. The molecule has 3 nitrogen and oxygen atoms in total. The number of nitrogens with two attached hydrogens (primary N) is 1. The molecular formula is C7H9NO2. The lowest BCUT2D eigenvalue weighted by molar-refractivity contribution is -0.125. The van der Waals surface area contributed by atoms with E-state index in [4.69, 9.17) is 10.5 Å². The number of rotatable bonds is 1. The highest BCUT2D eigenvalue weighted by Crippen LogP contribution is 2.39. The van der Waals surface area contributed by atoms with Crippen molar-refractivity contribution in [1.29, 1.82) is 0 Å². The van der Waals surface area contributed by atoms with E-state index in [0.29, 0.717) is 6.61 Å². The first kappa shape index (κ1) is 5.92. The maximum atomic E-state index is 10.9. The van der Waals surface area contributed by atoms with Gasteiger partial charge in [0.15, 0.2) is 0 Å². The van der Waals surface area contributed by atoms with E-state index in [1.165, 1.54) is 0 Å². The van der Waals surface area contributed by atoms with Crippen LogP contribution in [0.2, 0.25) is 0 Å². The van der Waals surface area contributed by atoms with Crippen LogP contribution in [0.3, 0.4) is 0 Å². The molecule has 2 bridgehead atoms. The van der Waals surface area contributed by atoms with Gasteiger partial charge in [0, 0.05) is 0 Å². The quantitative estimate of drug-likeness (QED) is 0.512. The molecule has 0 aromatic carbocycles. The predicted octanol–water partition coefficient (Wildman–Crippen LogP) is -0.183. The zero-order valence-corrected chi connectivity index (χ0v) is 5.54. The molecule has 2 rings (SSSR count). The summed E-state index contributed by atoms with van der Waals surface area (Å²) in [5.41, 5.74) is 4.75. The number of amides is 1. The van der Waals surface area contributed by atoms with Gasteiger partial charge in [0.1, 0.15) is 0 Å². The second kappa shape index (κ2) is 1.61. The lowest BCUT2D eigenvalue weighted by Gasteiger charge is -2.16. The minimum atomic E-state index is -0.454. The van der Waals surface area contributed by atoms with E-state index in [-0.39, 0.29) is 12.0 Å². The summed E-state index contributed by atoms with van der Waals surface area (Å²) in [5.74, 6) is -0.260. The summed E-state index contributed by atoms with van der Waals surface area (Å²) >= 11 is 0. The molecule has 0 radical (unpaired) electrons. The summed E-state index contributed by atoms with van der Waals surface area (Å²) in [6.07, 6.45) is 4.69. The lowest BCUT2D eigenvalue weighted by Crippen LogP contribution is -2.34. The van der Waals surface area contributed by atoms with Gasteiger partial charge in [-0.15, -0.1) is 0 Å². The molecule has 1 aliphatic carbocycles. The van der Waals surface area contributed by atoms with Crippen molar-refractivity contribution in [3.63, 3.8) is 0 Å². The Morgan fingerprint density at radius 2 is 2.60 bits per heavy atom. The predicted molar refractivity (Wildman–Crippen MR) is 35.1 cm³/mol. The maximum absolute atomic E-state index is 10.9. The molecule has 2 aliphatic rings. The summed E-state index contributed by atoms with van der Waals surface area (Å²) in [6.45, 7) is 0.476. The molecule has 54 valence electrons. The Labute approximate surface area is 58.8 Å². The van der Waals surface area contributed by atoms with Crippen LogP contribution in [0.4, 0.5) is 0 Å². The van der Waals surface area contributed by atoms with Crippen LogP contribution in [0.25, 0.3) is 0 Å². The molecule has 2 unspecified atom stereocenters. The minimum Gasteiger partial charge on any atom is -0.373 e. The summed E-state index contributed by atoms with van der Waals surface area (Å²) in [4.78, 5) is 10.9. The van der Waals surface area contributed by atoms with Crippen molar-refractivity contribution in [3.8, 4) is 0 Å². The van der Waals surface area contributed by atoms with Crippen LogP contribution in [0.1, 0.15) is 6.42 Å². The maximum Gasteiger partial charge on any atom is 0.229 e. The van der Waals surface area contributed by atoms with Crippen LogP contribution in [0, 0.1) is 5.41 Å². The van der Waals surface area contributed by atoms with Gasteiger partial charge in [0.05, 0.1) is 18.1 Å². The number of fused-ring (bicyclic) bond motifs is 2. The Morgan fingerprint density at radius 1 is 1.80 bits per heavy atom. The third kappa shape index (κ3) is 0.555. The number of carbonyl (C=O) groups is 1. The Kier molecular flexibility index (Phi) is 0.951. The Morgan fingerprint density at radius 3 is 2.80 bits per heavy atom. The molecule has 1 heterocycles. The van der Waals surface area contributed by atoms with Gasteiger partial charge in [-0.25, -0.2) is 0 Å². The second-order valence-electron chi connectivity index (χ2n) is 2.93. The highest BCUT2D eigenvalue weighted by atomic mass is 16.5. The topological polar surface area (TPSA) is 52.3 Å². The molecule has 1 fully saturated rings. The van der Waals surface area contributed by atoms with Crippen molar-refractivity contribution >= 4 is 5.91 Å². The zero-order chi connectivity index (χ0) is 7.19. The number of hydrogen-bond acceptors (Lipinski definition) is 2. The van der Waals surface area contributed by atoms with Gasteiger partial charge in [-0.05, 0) is 6.42 Å². The summed E-state index contributed by atoms with van der Waals surface area (Å²) in [7, 11) is 0. The van der Waals surface area contributed by atoms with Crippen molar-refractivity contribution in [2.24, 2.45) is 11.1 Å². The zero-order valence-electron chi connectivity index (χ0n) is 5.54. The van der Waals surface area contributed by atoms with Gasteiger partial charge in [0.25, 0.3) is 0 Å². The van der Waals surface area contributed by atoms with Crippen LogP contribution in [0.5, 0.6) is 0 Å². The highest BCUT2D eigenvalue weighted by molar-refractivity contribution is 5.84. The van der Waals surface area contributed by atoms with Gasteiger partial charge < -0.3 is 10.5 Å². The number of ether oxygens (including phenoxy) is 1. The first-order chi connectivity index (χ1) is 4.73. The van der Waals surface area contributed by atoms with Gasteiger partial charge >= 0.3 is 0 Å². The minimum absolute atomic E-state index is 0.146. The van der Waals surface area contributed by atoms with Crippen LogP contribution in [0.15, 0.2) is 12.2 Å². The summed E-state index contributed by atoms with van der Waals surface area (Å²) in [6, 6.07) is 0. The SMILES string of the molecule is NC(=O)C12C=CC(C1)OC2. The summed E-state index contributed by atoms with van der Waals surface area (Å²) < 4.78 is 5.23. The molecule has 0 spiro atoms. The molecular weight excluding hydrogens is 130 g/mol. The smallest absolute Gasteiger partial charge is 0.229 e. The molecule has 10 heavy (non-hydrogen) atoms. The number of primary amides is 1. The third-order valence-electron chi connectivity index (χ3n) is 2.24. The van der Waals surface area contributed by atoms with Crippen molar-refractivity contribution in [2.45, 2.75) is 12.5 Å². The van der Waals surface area contributed by atoms with E-state index in [2.05, 4.69) is 0 Å². The van der Waals surface area contributed by atoms with Gasteiger partial charge in [0.2, 0.25) is 5.91 Å². The number of hydrogen-bond donors (Lipinski definition) is 1. The van der Waals surface area contributed by atoms with E-state index in [0.717, 1.165) is 6.42 Å². The number of carbonyl (C=O) groups excluding carboxylic acids is 1. The Hall–Kier alpha value is -0.830.